The second-order valence-corrected chi connectivity index (χ2v) is 4.74. The maximum absolute atomic E-state index is 10.8. The Kier molecular flexibility index (Phi) is 4.21. The van der Waals surface area contributed by atoms with E-state index in [1.165, 1.54) is 0 Å². The lowest BCUT2D eigenvalue weighted by molar-refractivity contribution is -0.140. The first kappa shape index (κ1) is 13.3. The largest absolute Gasteiger partial charge is 0.481 e. The first-order valence-corrected chi connectivity index (χ1v) is 6.15. The Labute approximate surface area is 110 Å². The minimum Gasteiger partial charge on any atom is -0.481 e. The van der Waals surface area contributed by atoms with Crippen LogP contribution >= 0.6 is 11.6 Å². The summed E-state index contributed by atoms with van der Waals surface area (Å²) in [6, 6.07) is -0.105. The van der Waals surface area contributed by atoms with Crippen LogP contribution in [0.5, 0.6) is 0 Å². The van der Waals surface area contributed by atoms with Gasteiger partial charge < -0.3 is 14.4 Å². The van der Waals surface area contributed by atoms with E-state index in [-0.39, 0.29) is 12.5 Å². The van der Waals surface area contributed by atoms with Crippen LogP contribution in [0.1, 0.15) is 12.2 Å². The molecule has 0 amide bonds. The second kappa shape index (κ2) is 5.69. The van der Waals surface area contributed by atoms with Gasteiger partial charge >= 0.3 is 5.97 Å². The van der Waals surface area contributed by atoms with E-state index in [0.717, 1.165) is 5.82 Å². The molecule has 0 radical (unpaired) electrons. The van der Waals surface area contributed by atoms with Crippen LogP contribution in [0, 0.1) is 0 Å². The molecule has 7 heteroatoms. The van der Waals surface area contributed by atoms with E-state index in [2.05, 4.69) is 9.88 Å². The van der Waals surface area contributed by atoms with Crippen molar-refractivity contribution in [1.29, 1.82) is 0 Å². The zero-order valence-corrected chi connectivity index (χ0v) is 10.9. The molecular weight excluding hydrogens is 258 g/mol. The van der Waals surface area contributed by atoms with Crippen molar-refractivity contribution in [3.63, 3.8) is 0 Å². The number of rotatable bonds is 4. The fourth-order valence-electron chi connectivity index (χ4n) is 2.04. The molecule has 1 aliphatic heterocycles. The van der Waals surface area contributed by atoms with E-state index < -0.39 is 5.97 Å². The van der Waals surface area contributed by atoms with Gasteiger partial charge in [0, 0.05) is 19.6 Å². The van der Waals surface area contributed by atoms with Gasteiger partial charge in [-0.1, -0.05) is 11.6 Å². The molecule has 1 N–H and O–H groups in total. The Hall–Kier alpha value is -1.11. The molecule has 1 atom stereocenters. The Morgan fingerprint density at radius 3 is 3.11 bits per heavy atom. The number of halogens is 1. The van der Waals surface area contributed by atoms with Gasteiger partial charge in [0.05, 0.1) is 32.4 Å². The van der Waals surface area contributed by atoms with E-state index >= 15 is 0 Å². The molecule has 18 heavy (non-hydrogen) atoms. The molecule has 1 aromatic rings. The van der Waals surface area contributed by atoms with Crippen LogP contribution in [0.15, 0.2) is 6.20 Å². The highest BCUT2D eigenvalue weighted by molar-refractivity contribution is 6.29. The average molecular weight is 274 g/mol. The number of aromatic nitrogens is 2. The van der Waals surface area contributed by atoms with Gasteiger partial charge in [-0.25, -0.2) is 4.98 Å². The lowest BCUT2D eigenvalue weighted by atomic mass is 10.1. The number of ether oxygens (including phenoxy) is 1. The van der Waals surface area contributed by atoms with Crippen LogP contribution in [0.25, 0.3) is 0 Å². The van der Waals surface area contributed by atoms with Crippen LogP contribution in [0.2, 0.25) is 5.15 Å². The SMILES string of the molecule is Cn1c(Cl)cnc1CN1CCOCC1CC(=O)O. The summed E-state index contributed by atoms with van der Waals surface area (Å²) in [4.78, 5) is 17.1. The number of carbonyl (C=O) groups is 1. The van der Waals surface area contributed by atoms with Crippen molar-refractivity contribution in [2.45, 2.75) is 19.0 Å². The third kappa shape index (κ3) is 3.01. The molecular formula is C11H16ClN3O3. The second-order valence-electron chi connectivity index (χ2n) is 4.35. The number of aliphatic carboxylic acids is 1. The Bertz CT molecular complexity index is 435. The topological polar surface area (TPSA) is 67.6 Å². The van der Waals surface area contributed by atoms with Crippen LogP contribution < -0.4 is 0 Å². The number of carboxylic acid groups (broad SMARTS) is 1. The number of nitrogens with zero attached hydrogens (tertiary/aromatic N) is 3. The molecule has 2 heterocycles. The highest BCUT2D eigenvalue weighted by Crippen LogP contribution is 2.16. The summed E-state index contributed by atoms with van der Waals surface area (Å²) in [6.07, 6.45) is 1.68. The molecule has 0 saturated carbocycles. The van der Waals surface area contributed by atoms with Crippen LogP contribution in [-0.4, -0.2) is 51.3 Å². The molecule has 1 aliphatic rings. The zero-order chi connectivity index (χ0) is 13.1. The summed E-state index contributed by atoms with van der Waals surface area (Å²) < 4.78 is 7.13. The monoisotopic (exact) mass is 273 g/mol. The Balaban J connectivity index is 2.05. The lowest BCUT2D eigenvalue weighted by Crippen LogP contribution is -2.46. The van der Waals surface area contributed by atoms with Gasteiger partial charge in [0.1, 0.15) is 11.0 Å². The van der Waals surface area contributed by atoms with Gasteiger partial charge in [0.2, 0.25) is 0 Å². The van der Waals surface area contributed by atoms with Crippen LogP contribution in [0.4, 0.5) is 0 Å². The van der Waals surface area contributed by atoms with Gasteiger partial charge in [0.25, 0.3) is 0 Å². The molecule has 6 nitrogen and oxygen atoms in total. The molecule has 0 aliphatic carbocycles. The maximum atomic E-state index is 10.8. The third-order valence-corrected chi connectivity index (χ3v) is 3.48. The molecule has 100 valence electrons. The van der Waals surface area contributed by atoms with Crippen LogP contribution in [0.3, 0.4) is 0 Å². The lowest BCUT2D eigenvalue weighted by Gasteiger charge is -2.34. The van der Waals surface area contributed by atoms with E-state index in [1.54, 1.807) is 10.8 Å². The zero-order valence-electron chi connectivity index (χ0n) is 10.2. The predicted octanol–water partition coefficient (Wildman–Crippen LogP) is 0.749. The van der Waals surface area contributed by atoms with E-state index in [1.807, 2.05) is 7.05 Å². The summed E-state index contributed by atoms with van der Waals surface area (Å²) in [7, 11) is 1.84. The molecule has 1 saturated heterocycles. The molecule has 2 rings (SSSR count). The third-order valence-electron chi connectivity index (χ3n) is 3.13. The summed E-state index contributed by atoms with van der Waals surface area (Å²) in [5.74, 6) is 0.0191. The summed E-state index contributed by atoms with van der Waals surface area (Å²) in [5, 5.41) is 9.46. The minimum atomic E-state index is -0.812. The molecule has 1 aromatic heterocycles. The van der Waals surface area contributed by atoms with Crippen molar-refractivity contribution in [2.75, 3.05) is 19.8 Å². The summed E-state index contributed by atoms with van der Waals surface area (Å²) >= 11 is 5.93. The molecule has 1 unspecified atom stereocenters. The minimum absolute atomic E-state index is 0.0815. The molecule has 0 aromatic carbocycles. The summed E-state index contributed by atoms with van der Waals surface area (Å²) in [5.41, 5.74) is 0. The van der Waals surface area contributed by atoms with E-state index in [9.17, 15) is 4.79 Å². The molecule has 1 fully saturated rings. The molecule has 0 spiro atoms. The van der Waals surface area contributed by atoms with E-state index in [4.69, 9.17) is 21.4 Å². The van der Waals surface area contributed by atoms with Crippen molar-refractivity contribution in [3.05, 3.63) is 17.2 Å². The number of hydrogen-bond donors (Lipinski definition) is 1. The molecule has 0 bridgehead atoms. The van der Waals surface area contributed by atoms with Crippen molar-refractivity contribution in [3.8, 4) is 0 Å². The average Bonchev–Trinajstić information content (AvgIpc) is 2.63. The van der Waals surface area contributed by atoms with Crippen molar-refractivity contribution in [2.24, 2.45) is 7.05 Å². The highest BCUT2D eigenvalue weighted by Gasteiger charge is 2.26. The van der Waals surface area contributed by atoms with Gasteiger partial charge in [-0.2, -0.15) is 0 Å². The first-order valence-electron chi connectivity index (χ1n) is 5.77. The summed E-state index contributed by atoms with van der Waals surface area (Å²) in [6.45, 7) is 2.37. The van der Waals surface area contributed by atoms with Gasteiger partial charge in [-0.3, -0.25) is 9.69 Å². The maximum Gasteiger partial charge on any atom is 0.305 e. The van der Waals surface area contributed by atoms with Crippen molar-refractivity contribution in [1.82, 2.24) is 14.5 Å². The quantitative estimate of drug-likeness (QED) is 0.877. The fraction of sp³-hybridized carbons (Fsp3) is 0.636. The standard InChI is InChI=1S/C11H16ClN3O3/c1-14-9(12)5-13-10(14)6-15-2-3-18-7-8(15)4-11(16)17/h5,8H,2-4,6-7H2,1H3,(H,16,17). The van der Waals surface area contributed by atoms with Gasteiger partial charge in [-0.15, -0.1) is 0 Å². The predicted molar refractivity (Wildman–Crippen MR) is 65.5 cm³/mol. The number of imidazole rings is 1. The first-order chi connectivity index (χ1) is 8.58. The fourth-order valence-corrected chi connectivity index (χ4v) is 2.19. The van der Waals surface area contributed by atoms with Crippen molar-refractivity contribution >= 4 is 17.6 Å². The van der Waals surface area contributed by atoms with Crippen LogP contribution in [-0.2, 0) is 23.1 Å². The van der Waals surface area contributed by atoms with Gasteiger partial charge in [-0.05, 0) is 0 Å². The number of hydrogen-bond acceptors (Lipinski definition) is 4. The normalized spacial score (nSPS) is 21.1. The van der Waals surface area contributed by atoms with Gasteiger partial charge in [0.15, 0.2) is 0 Å². The Morgan fingerprint density at radius 2 is 2.50 bits per heavy atom. The van der Waals surface area contributed by atoms with E-state index in [0.29, 0.717) is 31.5 Å². The van der Waals surface area contributed by atoms with Crippen molar-refractivity contribution < 1.29 is 14.6 Å². The number of morpholine rings is 1. The smallest absolute Gasteiger partial charge is 0.305 e. The number of carboxylic acids is 1. The highest BCUT2D eigenvalue weighted by atomic mass is 35.5. The Morgan fingerprint density at radius 1 is 1.72 bits per heavy atom.